The minimum Gasteiger partial charge on any atom is -0.355 e. The summed E-state index contributed by atoms with van der Waals surface area (Å²) in [7, 11) is 2.20. The molecule has 4 nitrogen and oxygen atoms in total. The fourth-order valence-electron chi connectivity index (χ4n) is 2.60. The Balaban J connectivity index is 1.68. The highest BCUT2D eigenvalue weighted by atomic mass is 16.7. The van der Waals surface area contributed by atoms with Gasteiger partial charge < -0.3 is 19.7 Å². The van der Waals surface area contributed by atoms with Crippen molar-refractivity contribution in [2.75, 3.05) is 40.1 Å². The minimum absolute atomic E-state index is 0.348. The first kappa shape index (κ1) is 12.3. The van der Waals surface area contributed by atoms with E-state index in [1.54, 1.807) is 0 Å². The van der Waals surface area contributed by atoms with Crippen LogP contribution in [-0.4, -0.2) is 57.1 Å². The molecule has 0 saturated carbocycles. The zero-order valence-corrected chi connectivity index (χ0v) is 10.4. The number of nitrogens with one attached hydrogen (secondary N) is 1. The van der Waals surface area contributed by atoms with Crippen molar-refractivity contribution < 1.29 is 9.47 Å². The Morgan fingerprint density at radius 2 is 2.25 bits per heavy atom. The molecule has 4 heteroatoms. The number of hydrogen-bond donors (Lipinski definition) is 1. The van der Waals surface area contributed by atoms with Crippen LogP contribution >= 0.6 is 0 Å². The molecule has 2 heterocycles. The van der Waals surface area contributed by atoms with E-state index in [0.29, 0.717) is 18.9 Å². The van der Waals surface area contributed by atoms with Crippen molar-refractivity contribution in [2.24, 2.45) is 5.92 Å². The lowest BCUT2D eigenvalue weighted by Gasteiger charge is -2.36. The van der Waals surface area contributed by atoms with Crippen molar-refractivity contribution in [3.8, 4) is 0 Å². The van der Waals surface area contributed by atoms with Crippen LogP contribution in [0.15, 0.2) is 0 Å². The van der Waals surface area contributed by atoms with Gasteiger partial charge in [-0.2, -0.15) is 0 Å². The smallest absolute Gasteiger partial charge is 0.147 e. The van der Waals surface area contributed by atoms with Crippen molar-refractivity contribution in [3.05, 3.63) is 0 Å². The van der Waals surface area contributed by atoms with Gasteiger partial charge in [0.05, 0.1) is 12.7 Å². The van der Waals surface area contributed by atoms with Crippen LogP contribution in [0.3, 0.4) is 0 Å². The predicted octanol–water partition coefficient (Wildman–Crippen LogP) is 0.679. The normalized spacial score (nSPS) is 37.5. The summed E-state index contributed by atoms with van der Waals surface area (Å²) in [6.45, 7) is 7.02. The van der Waals surface area contributed by atoms with Crippen LogP contribution in [0.2, 0.25) is 0 Å². The molecule has 0 bridgehead atoms. The Bertz CT molecular complexity index is 207. The second-order valence-electron chi connectivity index (χ2n) is 5.15. The highest BCUT2D eigenvalue weighted by molar-refractivity contribution is 4.82. The fraction of sp³-hybridized carbons (Fsp3) is 1.00. The SMILES string of the molecule is CC1CN(C)CCC1NCC1CCOCO1. The van der Waals surface area contributed by atoms with E-state index < -0.39 is 0 Å². The molecule has 2 rings (SSSR count). The Kier molecular flexibility index (Phi) is 4.58. The first-order chi connectivity index (χ1) is 7.75. The molecule has 0 amide bonds. The number of ether oxygens (including phenoxy) is 2. The summed E-state index contributed by atoms with van der Waals surface area (Å²) in [6, 6.07) is 0.655. The molecular formula is C12H24N2O2. The summed E-state index contributed by atoms with van der Waals surface area (Å²) >= 11 is 0. The highest BCUT2D eigenvalue weighted by Crippen LogP contribution is 2.16. The Labute approximate surface area is 98.3 Å². The largest absolute Gasteiger partial charge is 0.355 e. The molecule has 0 aromatic rings. The third-order valence-corrected chi connectivity index (χ3v) is 3.69. The lowest BCUT2D eigenvalue weighted by Crippen LogP contribution is -2.49. The predicted molar refractivity (Wildman–Crippen MR) is 63.4 cm³/mol. The van der Waals surface area contributed by atoms with Crippen molar-refractivity contribution in [1.29, 1.82) is 0 Å². The van der Waals surface area contributed by atoms with Crippen LogP contribution in [0.5, 0.6) is 0 Å². The third-order valence-electron chi connectivity index (χ3n) is 3.69. The molecule has 2 fully saturated rings. The number of hydrogen-bond acceptors (Lipinski definition) is 4. The summed E-state index contributed by atoms with van der Waals surface area (Å²) in [5, 5.41) is 3.65. The van der Waals surface area contributed by atoms with Gasteiger partial charge in [0.1, 0.15) is 6.79 Å². The van der Waals surface area contributed by atoms with E-state index in [0.717, 1.165) is 25.5 Å². The second kappa shape index (κ2) is 5.96. The van der Waals surface area contributed by atoms with Gasteiger partial charge in [0, 0.05) is 19.1 Å². The maximum atomic E-state index is 5.53. The van der Waals surface area contributed by atoms with Crippen LogP contribution in [-0.2, 0) is 9.47 Å². The first-order valence-electron chi connectivity index (χ1n) is 6.37. The van der Waals surface area contributed by atoms with E-state index in [1.165, 1.54) is 19.5 Å². The average molecular weight is 228 g/mol. The number of likely N-dealkylation sites (tertiary alicyclic amines) is 1. The Hall–Kier alpha value is -0.160. The van der Waals surface area contributed by atoms with Crippen molar-refractivity contribution in [2.45, 2.75) is 31.9 Å². The van der Waals surface area contributed by atoms with Gasteiger partial charge in [-0.3, -0.25) is 0 Å². The van der Waals surface area contributed by atoms with Gasteiger partial charge in [-0.15, -0.1) is 0 Å². The van der Waals surface area contributed by atoms with E-state index in [4.69, 9.17) is 9.47 Å². The molecule has 0 spiro atoms. The lowest BCUT2D eigenvalue weighted by molar-refractivity contribution is -0.138. The monoisotopic (exact) mass is 228 g/mol. The van der Waals surface area contributed by atoms with Crippen LogP contribution < -0.4 is 5.32 Å². The van der Waals surface area contributed by atoms with Crippen LogP contribution in [0.1, 0.15) is 19.8 Å². The van der Waals surface area contributed by atoms with Crippen molar-refractivity contribution in [1.82, 2.24) is 10.2 Å². The molecule has 2 saturated heterocycles. The molecular weight excluding hydrogens is 204 g/mol. The van der Waals surface area contributed by atoms with Crippen molar-refractivity contribution >= 4 is 0 Å². The van der Waals surface area contributed by atoms with Crippen LogP contribution in [0, 0.1) is 5.92 Å². The summed E-state index contributed by atoms with van der Waals surface area (Å²) in [4.78, 5) is 2.41. The zero-order chi connectivity index (χ0) is 11.4. The van der Waals surface area contributed by atoms with Gasteiger partial charge in [-0.1, -0.05) is 6.92 Å². The van der Waals surface area contributed by atoms with E-state index >= 15 is 0 Å². The zero-order valence-electron chi connectivity index (χ0n) is 10.4. The molecule has 0 aromatic carbocycles. The number of rotatable bonds is 3. The lowest BCUT2D eigenvalue weighted by atomic mass is 9.94. The maximum absolute atomic E-state index is 5.53. The van der Waals surface area contributed by atoms with Crippen LogP contribution in [0.4, 0.5) is 0 Å². The fourth-order valence-corrected chi connectivity index (χ4v) is 2.60. The van der Waals surface area contributed by atoms with Gasteiger partial charge in [0.15, 0.2) is 0 Å². The minimum atomic E-state index is 0.348. The average Bonchev–Trinajstić information content (AvgIpc) is 2.29. The van der Waals surface area contributed by atoms with E-state index in [1.807, 2.05) is 0 Å². The summed E-state index contributed by atoms with van der Waals surface area (Å²) < 4.78 is 10.7. The van der Waals surface area contributed by atoms with Gasteiger partial charge in [-0.25, -0.2) is 0 Å². The molecule has 0 aromatic heterocycles. The first-order valence-corrected chi connectivity index (χ1v) is 6.37. The third kappa shape index (κ3) is 3.42. The van der Waals surface area contributed by atoms with E-state index in [9.17, 15) is 0 Å². The molecule has 3 atom stereocenters. The molecule has 0 radical (unpaired) electrons. The molecule has 2 aliphatic rings. The molecule has 0 aliphatic carbocycles. The molecule has 94 valence electrons. The maximum Gasteiger partial charge on any atom is 0.147 e. The molecule has 1 N–H and O–H groups in total. The van der Waals surface area contributed by atoms with E-state index in [2.05, 4.69) is 24.2 Å². The number of piperidine rings is 1. The van der Waals surface area contributed by atoms with Crippen molar-refractivity contribution in [3.63, 3.8) is 0 Å². The van der Waals surface area contributed by atoms with Gasteiger partial charge in [0.25, 0.3) is 0 Å². The van der Waals surface area contributed by atoms with Gasteiger partial charge >= 0.3 is 0 Å². The highest BCUT2D eigenvalue weighted by Gasteiger charge is 2.25. The Morgan fingerprint density at radius 3 is 2.94 bits per heavy atom. The molecule has 16 heavy (non-hydrogen) atoms. The second-order valence-corrected chi connectivity index (χ2v) is 5.15. The summed E-state index contributed by atoms with van der Waals surface area (Å²) in [5.74, 6) is 0.735. The summed E-state index contributed by atoms with van der Waals surface area (Å²) in [6.07, 6.45) is 2.62. The van der Waals surface area contributed by atoms with E-state index in [-0.39, 0.29) is 0 Å². The number of nitrogens with zero attached hydrogens (tertiary/aromatic N) is 1. The molecule has 3 unspecified atom stereocenters. The quantitative estimate of drug-likeness (QED) is 0.770. The standard InChI is InChI=1S/C12H24N2O2/c1-10-8-14(2)5-3-12(10)13-7-11-4-6-15-9-16-11/h10-13H,3-9H2,1-2H3. The topological polar surface area (TPSA) is 33.7 Å². The Morgan fingerprint density at radius 1 is 1.38 bits per heavy atom. The van der Waals surface area contributed by atoms with Crippen LogP contribution in [0.25, 0.3) is 0 Å². The van der Waals surface area contributed by atoms with Gasteiger partial charge in [-0.05, 0) is 32.4 Å². The molecule has 2 aliphatic heterocycles. The summed E-state index contributed by atoms with van der Waals surface area (Å²) in [5.41, 5.74) is 0. The van der Waals surface area contributed by atoms with Gasteiger partial charge in [0.2, 0.25) is 0 Å².